The first kappa shape index (κ1) is 39.3. The predicted octanol–water partition coefficient (Wildman–Crippen LogP) is 8.55. The summed E-state index contributed by atoms with van der Waals surface area (Å²) in [4.78, 5) is 30.9. The van der Waals surface area contributed by atoms with Crippen molar-refractivity contribution in [1.82, 2.24) is 15.3 Å². The lowest BCUT2D eigenvalue weighted by atomic mass is 9.65. The Morgan fingerprint density at radius 2 is 1.11 bits per heavy atom. The van der Waals surface area contributed by atoms with Crippen molar-refractivity contribution in [2.75, 3.05) is 13.1 Å². The van der Waals surface area contributed by atoms with Crippen LogP contribution in [0.1, 0.15) is 120 Å². The lowest BCUT2D eigenvalue weighted by Gasteiger charge is -2.42. The minimum Gasteiger partial charge on any atom is -0.478 e. The molecule has 0 saturated heterocycles. The second-order valence-corrected chi connectivity index (χ2v) is 15.6. The van der Waals surface area contributed by atoms with E-state index in [0.717, 1.165) is 35.6 Å². The second kappa shape index (κ2) is 18.3. The number of carbonyl (C=O) groups is 2. The Morgan fingerprint density at radius 3 is 1.49 bits per heavy atom. The molecule has 284 valence electrons. The van der Waals surface area contributed by atoms with Crippen molar-refractivity contribution in [2.45, 2.75) is 77.0 Å². The lowest BCUT2D eigenvalue weighted by molar-refractivity contribution is 0.0691. The van der Waals surface area contributed by atoms with Crippen LogP contribution in [0.25, 0.3) is 0 Å². The number of carboxylic acids is 1. The molecule has 9 heteroatoms. The largest absolute Gasteiger partial charge is 0.478 e. The molecule has 0 unspecified atom stereocenters. The topological polar surface area (TPSA) is 118 Å². The molecule has 4 aliphatic carbocycles. The van der Waals surface area contributed by atoms with E-state index >= 15 is 0 Å². The molecule has 4 fully saturated rings. The Kier molecular flexibility index (Phi) is 13.1. The highest BCUT2D eigenvalue weighted by molar-refractivity contribution is 5.94. The highest BCUT2D eigenvalue weighted by atomic mass is 19.1. The summed E-state index contributed by atoms with van der Waals surface area (Å²) in [7, 11) is 0. The average Bonchev–Trinajstić information content (AvgIpc) is 4.11. The number of rotatable bonds is 9. The molecule has 2 aromatic heterocycles. The van der Waals surface area contributed by atoms with Crippen LogP contribution in [0.3, 0.4) is 0 Å². The summed E-state index contributed by atoms with van der Waals surface area (Å²) in [6, 6.07) is 15.4. The van der Waals surface area contributed by atoms with Crippen molar-refractivity contribution < 1.29 is 23.5 Å². The molecule has 1 amide bonds. The fourth-order valence-electron chi connectivity index (χ4n) is 7.23. The van der Waals surface area contributed by atoms with E-state index < -0.39 is 17.6 Å². The third kappa shape index (κ3) is 11.6. The number of pyridine rings is 2. The van der Waals surface area contributed by atoms with Gasteiger partial charge in [-0.1, -0.05) is 62.2 Å². The summed E-state index contributed by atoms with van der Waals surface area (Å²) < 4.78 is 27.8. The monoisotopic (exact) mass is 742 g/mol. The molecule has 0 aliphatic heterocycles. The van der Waals surface area contributed by atoms with Crippen LogP contribution in [0.2, 0.25) is 0 Å². The van der Waals surface area contributed by atoms with Gasteiger partial charge in [-0.15, -0.1) is 0 Å². The molecule has 2 aromatic carbocycles. The van der Waals surface area contributed by atoms with E-state index in [-0.39, 0.29) is 22.4 Å². The maximum Gasteiger partial charge on any atom is 0.338 e. The zero-order chi connectivity index (χ0) is 38.7. The number of benzene rings is 2. The highest BCUT2D eigenvalue weighted by Gasteiger charge is 2.42. The van der Waals surface area contributed by atoms with Crippen LogP contribution in [0.15, 0.2) is 85.5 Å². The number of carboxylic acid groups (broad SMARTS) is 1. The Morgan fingerprint density at radius 1 is 0.673 bits per heavy atom. The number of hydrogen-bond acceptors (Lipinski definition) is 5. The first-order valence-corrected chi connectivity index (χ1v) is 19.3. The highest BCUT2D eigenvalue weighted by Crippen LogP contribution is 2.51. The van der Waals surface area contributed by atoms with Crippen LogP contribution >= 0.6 is 0 Å². The molecular weight excluding hydrogens is 695 g/mol. The maximum absolute atomic E-state index is 14.4. The third-order valence-electron chi connectivity index (χ3n) is 11.2. The molecule has 4 saturated carbocycles. The van der Waals surface area contributed by atoms with Gasteiger partial charge in [-0.2, -0.15) is 0 Å². The van der Waals surface area contributed by atoms with Gasteiger partial charge < -0.3 is 16.2 Å². The van der Waals surface area contributed by atoms with Crippen molar-refractivity contribution in [2.24, 2.45) is 28.4 Å². The molecule has 4 N–H and O–H groups in total. The zero-order valence-electron chi connectivity index (χ0n) is 31.1. The standard InChI is InChI=1S/C23H23FN2O.C14H8FNO2.C9H17N/c24-21-14-18(3-2-17-8-12-25-13-9-17)6-7-20(21)22(27)26-16-23(10-1-11-23)15-19-4-5-19;15-13-9-11(3-4-12(13)14(17)18)2-1-10-5-7-16-8-6-10;10-7-9(4-1-5-9)6-8-2-3-8/h6-9,12-14,19H,1,4-5,10-11,15-16H2,(H,26,27);3-9H,(H,17,18);8H,1-7,10H2. The van der Waals surface area contributed by atoms with Gasteiger partial charge in [0.2, 0.25) is 0 Å². The predicted molar refractivity (Wildman–Crippen MR) is 209 cm³/mol. The summed E-state index contributed by atoms with van der Waals surface area (Å²) >= 11 is 0. The Labute approximate surface area is 322 Å². The van der Waals surface area contributed by atoms with Gasteiger partial charge in [0.1, 0.15) is 11.6 Å². The van der Waals surface area contributed by atoms with Crippen LogP contribution in [-0.4, -0.2) is 40.0 Å². The van der Waals surface area contributed by atoms with E-state index in [9.17, 15) is 18.4 Å². The van der Waals surface area contributed by atoms with Gasteiger partial charge in [0.25, 0.3) is 5.91 Å². The summed E-state index contributed by atoms with van der Waals surface area (Å²) in [6.45, 7) is 1.61. The van der Waals surface area contributed by atoms with Crippen LogP contribution < -0.4 is 11.1 Å². The van der Waals surface area contributed by atoms with Crippen LogP contribution in [0.4, 0.5) is 8.78 Å². The number of aromatic carboxylic acids is 1. The first-order valence-electron chi connectivity index (χ1n) is 19.3. The minimum atomic E-state index is -1.29. The van der Waals surface area contributed by atoms with E-state index in [1.807, 2.05) is 0 Å². The molecule has 4 aliphatic rings. The van der Waals surface area contributed by atoms with E-state index in [0.29, 0.717) is 23.1 Å². The number of aromatic nitrogens is 2. The number of amides is 1. The van der Waals surface area contributed by atoms with Crippen molar-refractivity contribution in [3.8, 4) is 23.7 Å². The molecule has 7 nitrogen and oxygen atoms in total. The van der Waals surface area contributed by atoms with Crippen LogP contribution in [-0.2, 0) is 0 Å². The van der Waals surface area contributed by atoms with E-state index in [4.69, 9.17) is 10.8 Å². The van der Waals surface area contributed by atoms with Crippen molar-refractivity contribution in [3.05, 3.63) is 130 Å². The number of hydrogen-bond donors (Lipinski definition) is 3. The molecule has 0 atom stereocenters. The van der Waals surface area contributed by atoms with Crippen molar-refractivity contribution in [3.63, 3.8) is 0 Å². The van der Waals surface area contributed by atoms with Crippen LogP contribution in [0, 0.1) is 58.0 Å². The summed E-state index contributed by atoms with van der Waals surface area (Å²) in [5.41, 5.74) is 8.90. The zero-order valence-corrected chi connectivity index (χ0v) is 31.1. The Bertz CT molecular complexity index is 2060. The average molecular weight is 743 g/mol. The first-order chi connectivity index (χ1) is 26.6. The molecule has 0 spiro atoms. The van der Waals surface area contributed by atoms with Crippen molar-refractivity contribution >= 4 is 11.9 Å². The molecule has 8 rings (SSSR count). The molecule has 0 bridgehead atoms. The normalized spacial score (nSPS) is 17.0. The van der Waals surface area contributed by atoms with Gasteiger partial charge >= 0.3 is 5.97 Å². The maximum atomic E-state index is 14.4. The third-order valence-corrected chi connectivity index (χ3v) is 11.2. The Hall–Kier alpha value is -5.38. The second-order valence-electron chi connectivity index (χ2n) is 15.6. The number of nitrogens with one attached hydrogen (secondary N) is 1. The van der Waals surface area contributed by atoms with Gasteiger partial charge in [0, 0.05) is 53.6 Å². The number of halogens is 2. The number of nitrogens with zero attached hydrogens (tertiary/aromatic N) is 2. The van der Waals surface area contributed by atoms with Gasteiger partial charge in [-0.25, -0.2) is 13.6 Å². The van der Waals surface area contributed by atoms with Crippen molar-refractivity contribution in [1.29, 1.82) is 0 Å². The molecule has 4 aromatic rings. The lowest BCUT2D eigenvalue weighted by Crippen LogP contribution is -2.42. The van der Waals surface area contributed by atoms with Gasteiger partial charge in [0.05, 0.1) is 11.1 Å². The van der Waals surface area contributed by atoms with Gasteiger partial charge in [0.15, 0.2) is 0 Å². The quantitative estimate of drug-likeness (QED) is 0.148. The van der Waals surface area contributed by atoms with Gasteiger partial charge in [-0.05, 0) is 128 Å². The molecular formula is C46H48F2N4O3. The van der Waals surface area contributed by atoms with E-state index in [1.165, 1.54) is 101 Å². The minimum absolute atomic E-state index is 0.0883. The fraction of sp³-hybridized carbons (Fsp3) is 0.391. The SMILES string of the molecule is NCC1(CC2CC2)CCC1.O=C(NCC1(CC2CC2)CCC1)c1ccc(C#Cc2ccncc2)cc1F.O=C(O)c1ccc(C#Cc2ccncc2)cc1F. The number of nitrogens with two attached hydrogens (primary N) is 1. The Balaban J connectivity index is 0.000000157. The van der Waals surface area contributed by atoms with E-state index in [1.54, 1.807) is 55.1 Å². The number of carbonyl (C=O) groups excluding carboxylic acids is 1. The molecule has 0 radical (unpaired) electrons. The van der Waals surface area contributed by atoms with Gasteiger partial charge in [-0.3, -0.25) is 14.8 Å². The molecule has 2 heterocycles. The van der Waals surface area contributed by atoms with E-state index in [2.05, 4.69) is 39.0 Å². The summed E-state index contributed by atoms with van der Waals surface area (Å²) in [6.07, 6.45) is 22.7. The van der Waals surface area contributed by atoms with Crippen LogP contribution in [0.5, 0.6) is 0 Å². The fourth-order valence-corrected chi connectivity index (χ4v) is 7.23. The smallest absolute Gasteiger partial charge is 0.338 e. The summed E-state index contributed by atoms with van der Waals surface area (Å²) in [5, 5.41) is 11.7. The molecule has 55 heavy (non-hydrogen) atoms. The summed E-state index contributed by atoms with van der Waals surface area (Å²) in [5.74, 6) is 10.5.